The first-order valence-electron chi connectivity index (χ1n) is 6.04. The highest BCUT2D eigenvalue weighted by Gasteiger charge is 1.97. The van der Waals surface area contributed by atoms with Crippen molar-refractivity contribution in [2.75, 3.05) is 0 Å². The topological polar surface area (TPSA) is 0 Å². The lowest BCUT2D eigenvalue weighted by Gasteiger charge is -2.05. The van der Waals surface area contributed by atoms with E-state index < -0.39 is 0 Å². The molecule has 0 amide bonds. The van der Waals surface area contributed by atoms with E-state index in [1.165, 1.54) is 22.3 Å². The van der Waals surface area contributed by atoms with Crippen LogP contribution in [0.5, 0.6) is 0 Å². The summed E-state index contributed by atoms with van der Waals surface area (Å²) < 4.78 is 0. The lowest BCUT2D eigenvalue weighted by Crippen LogP contribution is -1.89. The van der Waals surface area contributed by atoms with Crippen LogP contribution < -0.4 is 0 Å². The number of rotatable bonds is 3. The predicted octanol–water partition coefficient (Wildman–Crippen LogP) is 4.56. The molecule has 0 aliphatic rings. The highest BCUT2D eigenvalue weighted by molar-refractivity contribution is 5.49. The molecule has 2 aromatic carbocycles. The van der Waals surface area contributed by atoms with Crippen LogP contribution in [0.1, 0.15) is 22.3 Å². The second kappa shape index (κ2) is 5.49. The van der Waals surface area contributed by atoms with E-state index in [1.54, 1.807) is 0 Å². The van der Waals surface area contributed by atoms with E-state index in [2.05, 4.69) is 68.5 Å². The number of hydrogen-bond donors (Lipinski definition) is 0. The number of aryl methyl sites for hydroxylation is 1. The summed E-state index contributed by atoms with van der Waals surface area (Å²) in [5.74, 6) is 0. The molecule has 0 N–H and O–H groups in total. The van der Waals surface area contributed by atoms with E-state index in [0.29, 0.717) is 0 Å². The minimum atomic E-state index is 1.00. The summed E-state index contributed by atoms with van der Waals surface area (Å²) in [7, 11) is 0. The molecule has 0 saturated heterocycles. The highest BCUT2D eigenvalue weighted by Crippen LogP contribution is 2.14. The molecule has 0 heteroatoms. The maximum atomic E-state index is 2.23. The fraction of sp³-hybridized carbons (Fsp3) is 0.176. The van der Waals surface area contributed by atoms with Crippen LogP contribution in [0.4, 0.5) is 0 Å². The summed E-state index contributed by atoms with van der Waals surface area (Å²) in [6, 6.07) is 16.9. The van der Waals surface area contributed by atoms with E-state index in [0.717, 1.165) is 6.42 Å². The van der Waals surface area contributed by atoms with E-state index in [1.807, 2.05) is 6.07 Å². The fourth-order valence-electron chi connectivity index (χ4n) is 1.92. The number of allylic oxidation sites excluding steroid dienone is 1. The molecule has 0 spiro atoms. The minimum absolute atomic E-state index is 1.00. The Labute approximate surface area is 104 Å². The van der Waals surface area contributed by atoms with Crippen molar-refractivity contribution in [1.82, 2.24) is 0 Å². The fourth-order valence-corrected chi connectivity index (χ4v) is 1.92. The van der Waals surface area contributed by atoms with Gasteiger partial charge in [-0.2, -0.15) is 0 Å². The smallest absolute Gasteiger partial charge is 0.00914 e. The lowest BCUT2D eigenvalue weighted by atomic mass is 10.0. The third-order valence-corrected chi connectivity index (χ3v) is 3.16. The molecule has 86 valence electrons. The maximum Gasteiger partial charge on any atom is -0.00914 e. The van der Waals surface area contributed by atoms with Gasteiger partial charge in [0.15, 0.2) is 0 Å². The van der Waals surface area contributed by atoms with Crippen molar-refractivity contribution in [3.63, 3.8) is 0 Å². The average molecular weight is 222 g/mol. The van der Waals surface area contributed by atoms with Crippen LogP contribution in [0.3, 0.4) is 0 Å². The first-order valence-corrected chi connectivity index (χ1v) is 6.04. The zero-order valence-corrected chi connectivity index (χ0v) is 10.5. The van der Waals surface area contributed by atoms with Gasteiger partial charge < -0.3 is 0 Å². The summed E-state index contributed by atoms with van der Waals surface area (Å²) >= 11 is 0. The quantitative estimate of drug-likeness (QED) is 0.714. The standard InChI is InChI=1S/C17H18/c1-14-8-6-12-17(15(14)2)13-7-11-16-9-4-3-5-10-16/h3-12H,13H2,1-2H3/b11-7+. The molecular formula is C17H18. The van der Waals surface area contributed by atoms with E-state index >= 15 is 0 Å². The Morgan fingerprint density at radius 3 is 2.41 bits per heavy atom. The van der Waals surface area contributed by atoms with Crippen molar-refractivity contribution in [1.29, 1.82) is 0 Å². The van der Waals surface area contributed by atoms with Gasteiger partial charge in [-0.05, 0) is 42.5 Å². The van der Waals surface area contributed by atoms with Crippen molar-refractivity contribution in [2.24, 2.45) is 0 Å². The molecule has 0 nitrogen and oxygen atoms in total. The zero-order chi connectivity index (χ0) is 12.1. The molecule has 2 rings (SSSR count). The highest BCUT2D eigenvalue weighted by atomic mass is 14.0. The molecule has 0 heterocycles. The maximum absolute atomic E-state index is 2.23. The van der Waals surface area contributed by atoms with Gasteiger partial charge in [-0.1, -0.05) is 60.7 Å². The summed E-state index contributed by atoms with van der Waals surface area (Å²) in [6.07, 6.45) is 5.42. The van der Waals surface area contributed by atoms with Crippen molar-refractivity contribution in [2.45, 2.75) is 20.3 Å². The molecule has 0 atom stereocenters. The summed E-state index contributed by atoms with van der Waals surface area (Å²) in [4.78, 5) is 0. The second-order valence-electron chi connectivity index (χ2n) is 4.38. The molecular weight excluding hydrogens is 204 g/mol. The van der Waals surface area contributed by atoms with Crippen LogP contribution in [0.25, 0.3) is 6.08 Å². The van der Waals surface area contributed by atoms with Gasteiger partial charge in [0.25, 0.3) is 0 Å². The van der Waals surface area contributed by atoms with E-state index in [4.69, 9.17) is 0 Å². The van der Waals surface area contributed by atoms with Crippen LogP contribution in [0.2, 0.25) is 0 Å². The molecule has 17 heavy (non-hydrogen) atoms. The number of hydrogen-bond acceptors (Lipinski definition) is 0. The number of benzene rings is 2. The Bertz CT molecular complexity index is 507. The van der Waals surface area contributed by atoms with Gasteiger partial charge in [-0.25, -0.2) is 0 Å². The van der Waals surface area contributed by atoms with Crippen LogP contribution in [-0.2, 0) is 6.42 Å². The third-order valence-electron chi connectivity index (χ3n) is 3.16. The molecule has 0 aromatic heterocycles. The van der Waals surface area contributed by atoms with E-state index in [9.17, 15) is 0 Å². The Hall–Kier alpha value is -1.82. The van der Waals surface area contributed by atoms with Crippen LogP contribution >= 0.6 is 0 Å². The monoisotopic (exact) mass is 222 g/mol. The minimum Gasteiger partial charge on any atom is -0.0795 e. The Morgan fingerprint density at radius 2 is 1.65 bits per heavy atom. The molecule has 0 saturated carbocycles. The molecule has 0 fully saturated rings. The van der Waals surface area contributed by atoms with Crippen molar-refractivity contribution < 1.29 is 0 Å². The van der Waals surface area contributed by atoms with Crippen molar-refractivity contribution in [3.8, 4) is 0 Å². The SMILES string of the molecule is Cc1cccc(C/C=C/c2ccccc2)c1C. The molecule has 0 bridgehead atoms. The van der Waals surface area contributed by atoms with Gasteiger partial charge in [0.1, 0.15) is 0 Å². The van der Waals surface area contributed by atoms with E-state index in [-0.39, 0.29) is 0 Å². The zero-order valence-electron chi connectivity index (χ0n) is 10.5. The Kier molecular flexibility index (Phi) is 3.77. The van der Waals surface area contributed by atoms with Crippen LogP contribution in [0.15, 0.2) is 54.6 Å². The first-order chi connectivity index (χ1) is 8.27. The van der Waals surface area contributed by atoms with Gasteiger partial charge in [0.2, 0.25) is 0 Å². The normalized spacial score (nSPS) is 10.9. The summed E-state index contributed by atoms with van der Waals surface area (Å²) in [5, 5.41) is 0. The second-order valence-corrected chi connectivity index (χ2v) is 4.38. The summed E-state index contributed by atoms with van der Waals surface area (Å²) in [5.41, 5.74) is 5.45. The largest absolute Gasteiger partial charge is 0.0795 e. The summed E-state index contributed by atoms with van der Waals surface area (Å²) in [6.45, 7) is 4.36. The molecule has 2 aromatic rings. The molecule has 0 aliphatic heterocycles. The molecule has 0 unspecified atom stereocenters. The van der Waals surface area contributed by atoms with Gasteiger partial charge >= 0.3 is 0 Å². The van der Waals surface area contributed by atoms with Gasteiger partial charge in [-0.15, -0.1) is 0 Å². The third kappa shape index (κ3) is 3.07. The van der Waals surface area contributed by atoms with Gasteiger partial charge in [-0.3, -0.25) is 0 Å². The lowest BCUT2D eigenvalue weighted by molar-refractivity contribution is 1.18. The van der Waals surface area contributed by atoms with Crippen molar-refractivity contribution in [3.05, 3.63) is 76.9 Å². The van der Waals surface area contributed by atoms with Gasteiger partial charge in [0, 0.05) is 0 Å². The predicted molar refractivity (Wildman–Crippen MR) is 75.1 cm³/mol. The molecule has 0 radical (unpaired) electrons. The Balaban J connectivity index is 2.08. The van der Waals surface area contributed by atoms with Crippen LogP contribution in [0, 0.1) is 13.8 Å². The average Bonchev–Trinajstić information content (AvgIpc) is 2.36. The first kappa shape index (κ1) is 11.7. The van der Waals surface area contributed by atoms with Gasteiger partial charge in [0.05, 0.1) is 0 Å². The Morgan fingerprint density at radius 1 is 0.882 bits per heavy atom. The van der Waals surface area contributed by atoms with Crippen LogP contribution in [-0.4, -0.2) is 0 Å². The molecule has 0 aliphatic carbocycles. The van der Waals surface area contributed by atoms with Crippen molar-refractivity contribution >= 4 is 6.08 Å².